The molecule has 8 atom stereocenters. The van der Waals surface area contributed by atoms with Gasteiger partial charge in [-0.3, -0.25) is 33.8 Å². The van der Waals surface area contributed by atoms with E-state index in [9.17, 15) is 24.0 Å². The zero-order valence-electron chi connectivity index (χ0n) is 19.6. The minimum absolute atomic E-state index is 0.0776. The summed E-state index contributed by atoms with van der Waals surface area (Å²) in [6.45, 7) is 1.93. The van der Waals surface area contributed by atoms with Gasteiger partial charge in [-0.25, -0.2) is 0 Å². The maximum Gasteiger partial charge on any atom is 0.238 e. The minimum Gasteiger partial charge on any atom is -0.299 e. The maximum absolute atomic E-state index is 13.9. The summed E-state index contributed by atoms with van der Waals surface area (Å²) < 4.78 is 0. The number of carbonyl (C=O) groups is 5. The molecular weight excluding hydrogens is 456 g/mol. The molecule has 6 aliphatic rings. The van der Waals surface area contributed by atoms with Crippen LogP contribution in [0, 0.1) is 47.3 Å². The lowest BCUT2D eigenvalue weighted by Gasteiger charge is -2.53. The average molecular weight is 481 g/mol. The zero-order chi connectivity index (χ0) is 24.9. The second kappa shape index (κ2) is 7.32. The van der Waals surface area contributed by atoms with Crippen LogP contribution in [-0.2, 0) is 24.0 Å². The first-order valence-electron chi connectivity index (χ1n) is 12.5. The molecule has 2 heterocycles. The van der Waals surface area contributed by atoms with E-state index in [-0.39, 0.29) is 41.8 Å². The molecular formula is C29H24N2O5. The van der Waals surface area contributed by atoms with E-state index in [0.29, 0.717) is 11.4 Å². The van der Waals surface area contributed by atoms with E-state index in [4.69, 9.17) is 0 Å². The van der Waals surface area contributed by atoms with Gasteiger partial charge < -0.3 is 0 Å². The second-order valence-corrected chi connectivity index (χ2v) is 10.7. The maximum atomic E-state index is 13.9. The minimum atomic E-state index is -0.797. The number of allylic oxidation sites excluding steroid dienone is 2. The molecule has 2 aliphatic heterocycles. The Kier molecular flexibility index (Phi) is 4.36. The largest absolute Gasteiger partial charge is 0.299 e. The average Bonchev–Trinajstić information content (AvgIpc) is 3.31. The fraction of sp³-hybridized carbons (Fsp3) is 0.345. The quantitative estimate of drug-likeness (QED) is 0.487. The van der Waals surface area contributed by atoms with E-state index in [1.165, 1.54) is 9.80 Å². The van der Waals surface area contributed by atoms with E-state index in [0.717, 1.165) is 5.57 Å². The molecule has 4 aliphatic carbocycles. The molecule has 3 saturated carbocycles. The Labute approximate surface area is 207 Å². The monoisotopic (exact) mass is 480 g/mol. The number of hydrogen-bond donors (Lipinski definition) is 0. The molecule has 2 saturated heterocycles. The van der Waals surface area contributed by atoms with Crippen molar-refractivity contribution in [2.75, 3.05) is 9.80 Å². The Morgan fingerprint density at radius 3 is 1.61 bits per heavy atom. The van der Waals surface area contributed by atoms with Gasteiger partial charge in [0.05, 0.1) is 35.0 Å². The van der Waals surface area contributed by atoms with Crippen molar-refractivity contribution in [1.82, 2.24) is 0 Å². The van der Waals surface area contributed by atoms with Gasteiger partial charge in [-0.15, -0.1) is 0 Å². The number of fused-ring (bicyclic) bond motifs is 2. The van der Waals surface area contributed by atoms with Gasteiger partial charge in [-0.2, -0.15) is 0 Å². The van der Waals surface area contributed by atoms with Gasteiger partial charge in [0.2, 0.25) is 23.6 Å². The summed E-state index contributed by atoms with van der Waals surface area (Å²) >= 11 is 0. The molecule has 2 aromatic rings. The third kappa shape index (κ3) is 2.55. The summed E-state index contributed by atoms with van der Waals surface area (Å²) in [6.07, 6.45) is 2.22. The molecule has 7 heteroatoms. The van der Waals surface area contributed by atoms with Gasteiger partial charge in [0.25, 0.3) is 0 Å². The van der Waals surface area contributed by atoms with Crippen LogP contribution in [0.4, 0.5) is 11.4 Å². The predicted molar refractivity (Wildman–Crippen MR) is 129 cm³/mol. The highest BCUT2D eigenvalue weighted by atomic mass is 16.2. The van der Waals surface area contributed by atoms with Crippen molar-refractivity contribution in [3.63, 3.8) is 0 Å². The summed E-state index contributed by atoms with van der Waals surface area (Å²) in [7, 11) is 0. The van der Waals surface area contributed by atoms with Crippen molar-refractivity contribution in [3.8, 4) is 0 Å². The molecule has 36 heavy (non-hydrogen) atoms. The van der Waals surface area contributed by atoms with Gasteiger partial charge in [0.15, 0.2) is 0 Å². The van der Waals surface area contributed by atoms with Gasteiger partial charge in [-0.05, 0) is 36.1 Å². The molecule has 180 valence electrons. The molecule has 0 N–H and O–H groups in total. The van der Waals surface area contributed by atoms with Crippen molar-refractivity contribution >= 4 is 40.8 Å². The molecule has 5 fully saturated rings. The summed E-state index contributed by atoms with van der Waals surface area (Å²) in [5.74, 6) is -5.93. The van der Waals surface area contributed by atoms with Crippen LogP contribution in [-0.4, -0.2) is 29.4 Å². The highest BCUT2D eigenvalue weighted by molar-refractivity contribution is 6.25. The number of nitrogens with zero attached hydrogens (tertiary/aromatic N) is 2. The first kappa shape index (κ1) is 21.4. The number of Topliss-reactive ketones (excluding diaryl/α,β-unsaturated/α-hetero) is 1. The molecule has 2 aromatic carbocycles. The Hall–Kier alpha value is -3.87. The van der Waals surface area contributed by atoms with Crippen LogP contribution < -0.4 is 9.80 Å². The van der Waals surface area contributed by atoms with E-state index in [1.807, 2.05) is 25.1 Å². The Bertz CT molecular complexity index is 1380. The highest BCUT2D eigenvalue weighted by Crippen LogP contribution is 2.63. The molecule has 4 amide bonds. The topological polar surface area (TPSA) is 91.8 Å². The standard InChI is InChI=1S/C29H24N2O5/c1-14-12-17-18-13-19(32)23(25-22(18)27(34)31(29(25)36)16-10-6-3-7-11-16)21(17)24-20(14)26(33)30(28(24)35)15-8-4-2-5-9-15/h2-12,14,18,20-25H,13H2,1H3/t14?,18-,20?,21?,22?,23+,24?,25?/m1/s1. The van der Waals surface area contributed by atoms with Crippen molar-refractivity contribution in [2.24, 2.45) is 47.3 Å². The van der Waals surface area contributed by atoms with Crippen LogP contribution >= 0.6 is 0 Å². The van der Waals surface area contributed by atoms with Crippen LogP contribution in [0.25, 0.3) is 0 Å². The summed E-state index contributed by atoms with van der Waals surface area (Å²) in [5, 5.41) is 0. The number of para-hydroxylation sites is 2. The lowest BCUT2D eigenvalue weighted by atomic mass is 9.47. The number of imide groups is 2. The molecule has 0 radical (unpaired) electrons. The SMILES string of the molecule is CC1C=C2C(C3C(=O)N(c4ccccc4)C(=O)C13)[C@@H]1C(=O)C[C@H]2C2C(=O)N(c3ccccc3)C(=O)C21. The Morgan fingerprint density at radius 1 is 0.583 bits per heavy atom. The van der Waals surface area contributed by atoms with Gasteiger partial charge in [0.1, 0.15) is 5.78 Å². The smallest absolute Gasteiger partial charge is 0.238 e. The van der Waals surface area contributed by atoms with Crippen LogP contribution in [0.5, 0.6) is 0 Å². The van der Waals surface area contributed by atoms with E-state index in [1.54, 1.807) is 48.5 Å². The molecule has 0 aromatic heterocycles. The number of carbonyl (C=O) groups excluding carboxylic acids is 5. The van der Waals surface area contributed by atoms with Crippen molar-refractivity contribution < 1.29 is 24.0 Å². The number of anilines is 2. The highest BCUT2D eigenvalue weighted by Gasteiger charge is 2.70. The molecule has 8 rings (SSSR count). The Morgan fingerprint density at radius 2 is 1.06 bits per heavy atom. The fourth-order valence-corrected chi connectivity index (χ4v) is 7.78. The molecule has 2 bridgehead atoms. The fourth-order valence-electron chi connectivity index (χ4n) is 7.78. The van der Waals surface area contributed by atoms with Crippen LogP contribution in [0.2, 0.25) is 0 Å². The number of amides is 4. The number of benzene rings is 2. The van der Waals surface area contributed by atoms with Crippen LogP contribution in [0.1, 0.15) is 13.3 Å². The number of ketones is 1. The molecule has 6 unspecified atom stereocenters. The summed E-state index contributed by atoms with van der Waals surface area (Å²) in [4.78, 5) is 70.7. The molecule has 7 nitrogen and oxygen atoms in total. The van der Waals surface area contributed by atoms with E-state index < -0.39 is 41.4 Å². The third-order valence-corrected chi connectivity index (χ3v) is 9.05. The van der Waals surface area contributed by atoms with Crippen molar-refractivity contribution in [2.45, 2.75) is 13.3 Å². The van der Waals surface area contributed by atoms with Gasteiger partial charge in [0, 0.05) is 18.3 Å². The first-order chi connectivity index (χ1) is 17.4. The first-order valence-corrected chi connectivity index (χ1v) is 12.5. The lowest BCUT2D eigenvalue weighted by Crippen LogP contribution is -2.57. The normalized spacial score (nSPS) is 36.7. The summed E-state index contributed by atoms with van der Waals surface area (Å²) in [6, 6.07) is 17.7. The summed E-state index contributed by atoms with van der Waals surface area (Å²) in [5.41, 5.74) is 1.93. The zero-order valence-corrected chi connectivity index (χ0v) is 19.6. The molecule has 0 spiro atoms. The van der Waals surface area contributed by atoms with Crippen molar-refractivity contribution in [1.29, 1.82) is 0 Å². The van der Waals surface area contributed by atoms with E-state index in [2.05, 4.69) is 0 Å². The number of rotatable bonds is 2. The Balaban J connectivity index is 1.34. The van der Waals surface area contributed by atoms with Crippen molar-refractivity contribution in [3.05, 3.63) is 72.3 Å². The van der Waals surface area contributed by atoms with Gasteiger partial charge in [-0.1, -0.05) is 55.0 Å². The second-order valence-electron chi connectivity index (χ2n) is 10.7. The van der Waals surface area contributed by atoms with E-state index >= 15 is 0 Å². The number of hydrogen-bond acceptors (Lipinski definition) is 5. The third-order valence-electron chi connectivity index (χ3n) is 9.05. The van der Waals surface area contributed by atoms with Gasteiger partial charge >= 0.3 is 0 Å². The van der Waals surface area contributed by atoms with Crippen LogP contribution in [0.3, 0.4) is 0 Å². The van der Waals surface area contributed by atoms with Crippen LogP contribution in [0.15, 0.2) is 72.3 Å². The predicted octanol–water partition coefficient (Wildman–Crippen LogP) is 3.01. The lowest BCUT2D eigenvalue weighted by molar-refractivity contribution is -0.148.